The molecular formula is C30H39N5O. The fourth-order valence-electron chi connectivity index (χ4n) is 5.10. The van der Waals surface area contributed by atoms with Crippen molar-refractivity contribution in [1.82, 2.24) is 14.8 Å². The van der Waals surface area contributed by atoms with E-state index in [9.17, 15) is 10.1 Å². The number of rotatable bonds is 12. The van der Waals surface area contributed by atoms with E-state index in [1.807, 2.05) is 53.4 Å². The lowest BCUT2D eigenvalue weighted by Gasteiger charge is -2.35. The van der Waals surface area contributed by atoms with Crippen LogP contribution in [0.4, 0.5) is 5.69 Å². The number of benzene rings is 2. The number of aromatic amines is 1. The van der Waals surface area contributed by atoms with Crippen LogP contribution < -0.4 is 4.90 Å². The van der Waals surface area contributed by atoms with Crippen molar-refractivity contribution >= 4 is 22.5 Å². The van der Waals surface area contributed by atoms with Gasteiger partial charge in [-0.2, -0.15) is 5.26 Å². The minimum atomic E-state index is 0.210. The SMILES string of the molecule is CCCCCCN(C(=O)CN1CCN(CCCc2c[nH]c3ccc(C#N)cc23)CC1)c1ccccc1. The number of anilines is 1. The van der Waals surface area contributed by atoms with Gasteiger partial charge in [0.05, 0.1) is 18.2 Å². The second-order valence-electron chi connectivity index (χ2n) is 9.85. The van der Waals surface area contributed by atoms with Crippen molar-refractivity contribution < 1.29 is 4.79 Å². The first-order valence-corrected chi connectivity index (χ1v) is 13.5. The standard InChI is InChI=1S/C30H39N5O/c1-2-3-4-8-16-35(27-11-6-5-7-12-27)30(36)24-34-19-17-33(18-20-34)15-9-10-26-23-32-29-14-13-25(22-31)21-28(26)29/h5-7,11-14,21,23,32H,2-4,8-10,15-20,24H2,1H3. The highest BCUT2D eigenvalue weighted by Crippen LogP contribution is 2.21. The average Bonchev–Trinajstić information content (AvgIpc) is 3.32. The van der Waals surface area contributed by atoms with Crippen molar-refractivity contribution in [2.75, 3.05) is 50.7 Å². The lowest BCUT2D eigenvalue weighted by atomic mass is 10.1. The van der Waals surface area contributed by atoms with Crippen molar-refractivity contribution in [1.29, 1.82) is 5.26 Å². The summed E-state index contributed by atoms with van der Waals surface area (Å²) in [7, 11) is 0. The van der Waals surface area contributed by atoms with Crippen molar-refractivity contribution in [3.63, 3.8) is 0 Å². The van der Waals surface area contributed by atoms with Gasteiger partial charge in [0.2, 0.25) is 5.91 Å². The number of unbranched alkanes of at least 4 members (excludes halogenated alkanes) is 3. The fraction of sp³-hybridized carbons (Fsp3) is 0.467. The number of nitrogens with zero attached hydrogens (tertiary/aromatic N) is 4. The van der Waals surface area contributed by atoms with Crippen molar-refractivity contribution in [3.05, 3.63) is 65.9 Å². The molecule has 2 aromatic carbocycles. The van der Waals surface area contributed by atoms with Crippen LogP contribution in [0.15, 0.2) is 54.7 Å². The average molecular weight is 486 g/mol. The Labute approximate surface area is 215 Å². The van der Waals surface area contributed by atoms with E-state index in [1.165, 1.54) is 24.8 Å². The molecule has 0 radical (unpaired) electrons. The molecule has 1 aliphatic rings. The first-order chi connectivity index (χ1) is 17.7. The maximum Gasteiger partial charge on any atom is 0.241 e. The molecule has 0 saturated carbocycles. The molecule has 1 amide bonds. The normalized spacial score (nSPS) is 14.7. The largest absolute Gasteiger partial charge is 0.361 e. The molecule has 0 spiro atoms. The van der Waals surface area contributed by atoms with E-state index in [1.54, 1.807) is 0 Å². The number of para-hydroxylation sites is 1. The third-order valence-corrected chi connectivity index (χ3v) is 7.24. The van der Waals surface area contributed by atoms with Crippen LogP contribution >= 0.6 is 0 Å². The Kier molecular flexibility index (Phi) is 9.54. The molecule has 0 aliphatic carbocycles. The van der Waals surface area contributed by atoms with E-state index in [0.717, 1.165) is 75.1 Å². The molecule has 1 aliphatic heterocycles. The lowest BCUT2D eigenvalue weighted by molar-refractivity contribution is -0.120. The number of carbonyl (C=O) groups excluding carboxylic acids is 1. The molecule has 36 heavy (non-hydrogen) atoms. The highest BCUT2D eigenvalue weighted by molar-refractivity contribution is 5.94. The Bertz CT molecular complexity index is 1140. The zero-order valence-corrected chi connectivity index (χ0v) is 21.6. The topological polar surface area (TPSA) is 66.4 Å². The minimum Gasteiger partial charge on any atom is -0.361 e. The molecular weight excluding hydrogens is 446 g/mol. The molecule has 1 N–H and O–H groups in total. The van der Waals surface area contributed by atoms with Crippen molar-refractivity contribution in [3.8, 4) is 6.07 Å². The van der Waals surface area contributed by atoms with Gasteiger partial charge in [0.25, 0.3) is 0 Å². The van der Waals surface area contributed by atoms with Crippen LogP contribution in [0.3, 0.4) is 0 Å². The number of nitrogens with one attached hydrogen (secondary N) is 1. The maximum atomic E-state index is 13.3. The van der Waals surface area contributed by atoms with Gasteiger partial charge in [0.15, 0.2) is 0 Å². The quantitative estimate of drug-likeness (QED) is 0.358. The lowest BCUT2D eigenvalue weighted by Crippen LogP contribution is -2.50. The van der Waals surface area contributed by atoms with Crippen LogP contribution in [-0.2, 0) is 11.2 Å². The number of H-pyrrole nitrogens is 1. The Morgan fingerprint density at radius 2 is 1.78 bits per heavy atom. The number of carbonyl (C=O) groups is 1. The predicted molar refractivity (Wildman–Crippen MR) is 147 cm³/mol. The van der Waals surface area contributed by atoms with Gasteiger partial charge in [0.1, 0.15) is 0 Å². The molecule has 2 heterocycles. The minimum absolute atomic E-state index is 0.210. The summed E-state index contributed by atoms with van der Waals surface area (Å²) in [5.74, 6) is 0.210. The summed E-state index contributed by atoms with van der Waals surface area (Å²) in [6.45, 7) is 8.43. The van der Waals surface area contributed by atoms with Gasteiger partial charge in [-0.15, -0.1) is 0 Å². The van der Waals surface area contributed by atoms with Gasteiger partial charge in [-0.05, 0) is 61.7 Å². The molecule has 6 nitrogen and oxygen atoms in total. The first kappa shape index (κ1) is 25.9. The molecule has 6 heteroatoms. The van der Waals surface area contributed by atoms with E-state index in [0.29, 0.717) is 12.1 Å². The molecule has 0 atom stereocenters. The second-order valence-corrected chi connectivity index (χ2v) is 9.85. The van der Waals surface area contributed by atoms with E-state index in [4.69, 9.17) is 0 Å². The molecule has 3 aromatic rings. The fourth-order valence-corrected chi connectivity index (χ4v) is 5.10. The number of amides is 1. The first-order valence-electron chi connectivity index (χ1n) is 13.5. The van der Waals surface area contributed by atoms with Crippen molar-refractivity contribution in [2.24, 2.45) is 0 Å². The maximum absolute atomic E-state index is 13.3. The van der Waals surface area contributed by atoms with Gasteiger partial charge >= 0.3 is 0 Å². The molecule has 190 valence electrons. The molecule has 0 bridgehead atoms. The molecule has 1 saturated heterocycles. The zero-order chi connectivity index (χ0) is 25.2. The summed E-state index contributed by atoms with van der Waals surface area (Å²) in [4.78, 5) is 23.4. The highest BCUT2D eigenvalue weighted by atomic mass is 16.2. The van der Waals surface area contributed by atoms with Gasteiger partial charge in [-0.25, -0.2) is 0 Å². The van der Waals surface area contributed by atoms with Gasteiger partial charge < -0.3 is 14.8 Å². The molecule has 0 unspecified atom stereocenters. The number of aryl methyl sites for hydroxylation is 1. The van der Waals surface area contributed by atoms with E-state index in [-0.39, 0.29) is 5.91 Å². The summed E-state index contributed by atoms with van der Waals surface area (Å²) in [6, 6.07) is 18.2. The Morgan fingerprint density at radius 1 is 1.00 bits per heavy atom. The number of piperazine rings is 1. The summed E-state index contributed by atoms with van der Waals surface area (Å²) in [5.41, 5.74) is 4.10. The number of nitriles is 1. The molecule has 4 rings (SSSR count). The van der Waals surface area contributed by atoms with Gasteiger partial charge in [0, 0.05) is 55.5 Å². The third-order valence-electron chi connectivity index (χ3n) is 7.24. The van der Waals surface area contributed by atoms with Crippen LogP contribution in [0.5, 0.6) is 0 Å². The highest BCUT2D eigenvalue weighted by Gasteiger charge is 2.22. The van der Waals surface area contributed by atoms with Crippen LogP contribution in [0.2, 0.25) is 0 Å². The predicted octanol–water partition coefficient (Wildman–Crippen LogP) is 5.20. The molecule has 1 fully saturated rings. The third kappa shape index (κ3) is 6.96. The molecule has 1 aromatic heterocycles. The number of hydrogen-bond acceptors (Lipinski definition) is 4. The Balaban J connectivity index is 1.23. The van der Waals surface area contributed by atoms with Crippen molar-refractivity contribution in [2.45, 2.75) is 45.4 Å². The van der Waals surface area contributed by atoms with Gasteiger partial charge in [-0.3, -0.25) is 9.69 Å². The van der Waals surface area contributed by atoms with Crippen LogP contribution in [-0.4, -0.2) is 66.5 Å². The summed E-state index contributed by atoms with van der Waals surface area (Å²) >= 11 is 0. The second kappa shape index (κ2) is 13.2. The van der Waals surface area contributed by atoms with Gasteiger partial charge in [-0.1, -0.05) is 44.4 Å². The summed E-state index contributed by atoms with van der Waals surface area (Å²) in [5, 5.41) is 10.4. The Morgan fingerprint density at radius 3 is 2.53 bits per heavy atom. The summed E-state index contributed by atoms with van der Waals surface area (Å²) in [6.07, 6.45) is 8.81. The number of fused-ring (bicyclic) bond motifs is 1. The monoisotopic (exact) mass is 485 g/mol. The number of aromatic nitrogens is 1. The van der Waals surface area contributed by atoms with E-state index in [2.05, 4.69) is 34.0 Å². The smallest absolute Gasteiger partial charge is 0.241 e. The van der Waals surface area contributed by atoms with E-state index >= 15 is 0 Å². The van der Waals surface area contributed by atoms with E-state index < -0.39 is 0 Å². The van der Waals surface area contributed by atoms with Crippen LogP contribution in [0.1, 0.15) is 50.2 Å². The van der Waals surface area contributed by atoms with Crippen LogP contribution in [0.25, 0.3) is 10.9 Å². The zero-order valence-electron chi connectivity index (χ0n) is 21.6. The van der Waals surface area contributed by atoms with Crippen LogP contribution in [0, 0.1) is 11.3 Å². The Hall–Kier alpha value is -3.14. The summed E-state index contributed by atoms with van der Waals surface area (Å²) < 4.78 is 0. The number of hydrogen-bond donors (Lipinski definition) is 1.